The van der Waals surface area contributed by atoms with Crippen LogP contribution in [-0.4, -0.2) is 6.54 Å². The summed E-state index contributed by atoms with van der Waals surface area (Å²) in [6, 6.07) is 11.0. The van der Waals surface area contributed by atoms with Crippen LogP contribution in [0.15, 0.2) is 36.4 Å². The topological polar surface area (TPSA) is 12.0 Å². The summed E-state index contributed by atoms with van der Waals surface area (Å²) < 4.78 is 14.2. The van der Waals surface area contributed by atoms with E-state index in [-0.39, 0.29) is 5.82 Å². The lowest BCUT2D eigenvalue weighted by molar-refractivity contribution is 0.622. The van der Waals surface area contributed by atoms with Crippen LogP contribution in [0.25, 0.3) is 11.1 Å². The van der Waals surface area contributed by atoms with E-state index in [1.807, 2.05) is 37.3 Å². The van der Waals surface area contributed by atoms with Gasteiger partial charge in [-0.25, -0.2) is 4.39 Å². The van der Waals surface area contributed by atoms with Crippen molar-refractivity contribution in [2.24, 2.45) is 0 Å². The molecule has 0 unspecified atom stereocenters. The minimum atomic E-state index is -0.208. The predicted molar refractivity (Wildman–Crippen MR) is 83.6 cm³/mol. The zero-order valence-corrected chi connectivity index (χ0v) is 12.6. The lowest BCUT2D eigenvalue weighted by atomic mass is 10.0. The molecule has 0 bridgehead atoms. The molecule has 0 heterocycles. The molecule has 0 amide bonds. The molecule has 20 heavy (non-hydrogen) atoms. The van der Waals surface area contributed by atoms with Crippen molar-refractivity contribution in [3.05, 3.63) is 58.4 Å². The van der Waals surface area contributed by atoms with Gasteiger partial charge < -0.3 is 5.32 Å². The molecule has 0 atom stereocenters. The van der Waals surface area contributed by atoms with E-state index in [1.165, 1.54) is 0 Å². The fourth-order valence-corrected chi connectivity index (χ4v) is 2.25. The van der Waals surface area contributed by atoms with Crippen molar-refractivity contribution < 1.29 is 4.39 Å². The molecule has 0 spiro atoms. The molecule has 0 aliphatic carbocycles. The smallest absolute Gasteiger partial charge is 0.131 e. The van der Waals surface area contributed by atoms with Crippen LogP contribution in [0.5, 0.6) is 0 Å². The zero-order valence-electron chi connectivity index (χ0n) is 11.8. The van der Waals surface area contributed by atoms with E-state index >= 15 is 0 Å². The highest BCUT2D eigenvalue weighted by molar-refractivity contribution is 6.31. The molecule has 0 aliphatic rings. The lowest BCUT2D eigenvalue weighted by Gasteiger charge is -2.08. The quantitative estimate of drug-likeness (QED) is 0.768. The molecule has 2 aromatic rings. The first kappa shape index (κ1) is 15.0. The summed E-state index contributed by atoms with van der Waals surface area (Å²) in [5.41, 5.74) is 3.35. The lowest BCUT2D eigenvalue weighted by Crippen LogP contribution is -2.13. The number of nitrogens with one attached hydrogen (secondary N) is 1. The normalized spacial score (nSPS) is 10.8. The standard InChI is InChI=1S/C17H19ClFN/c1-3-8-20-11-13-5-7-15(17(19)9-13)14-6-4-12(2)16(18)10-14/h4-7,9-10,20H,3,8,11H2,1-2H3. The Bertz CT molecular complexity index is 596. The third kappa shape index (κ3) is 3.59. The van der Waals surface area contributed by atoms with Gasteiger partial charge in [-0.15, -0.1) is 0 Å². The van der Waals surface area contributed by atoms with Crippen molar-refractivity contribution in [1.29, 1.82) is 0 Å². The van der Waals surface area contributed by atoms with E-state index < -0.39 is 0 Å². The van der Waals surface area contributed by atoms with Gasteiger partial charge in [0.1, 0.15) is 5.82 Å². The van der Waals surface area contributed by atoms with Gasteiger partial charge in [0.15, 0.2) is 0 Å². The molecule has 0 aromatic heterocycles. The Morgan fingerprint density at radius 3 is 2.60 bits per heavy atom. The second kappa shape index (κ2) is 6.87. The molecule has 0 saturated carbocycles. The molecule has 0 radical (unpaired) electrons. The van der Waals surface area contributed by atoms with Crippen molar-refractivity contribution in [3.63, 3.8) is 0 Å². The van der Waals surface area contributed by atoms with Gasteiger partial charge in [0.2, 0.25) is 0 Å². The van der Waals surface area contributed by atoms with Gasteiger partial charge >= 0.3 is 0 Å². The minimum absolute atomic E-state index is 0.208. The number of aryl methyl sites for hydroxylation is 1. The van der Waals surface area contributed by atoms with Crippen molar-refractivity contribution in [1.82, 2.24) is 5.32 Å². The van der Waals surface area contributed by atoms with E-state index in [2.05, 4.69) is 12.2 Å². The van der Waals surface area contributed by atoms with Crippen molar-refractivity contribution in [3.8, 4) is 11.1 Å². The van der Waals surface area contributed by atoms with E-state index in [0.717, 1.165) is 29.7 Å². The van der Waals surface area contributed by atoms with Gasteiger partial charge in [-0.3, -0.25) is 0 Å². The van der Waals surface area contributed by atoms with Crippen LogP contribution in [0.2, 0.25) is 5.02 Å². The fourth-order valence-electron chi connectivity index (χ4n) is 2.07. The first-order chi connectivity index (χ1) is 9.61. The first-order valence-electron chi connectivity index (χ1n) is 6.87. The van der Waals surface area contributed by atoms with Crippen molar-refractivity contribution >= 4 is 11.6 Å². The van der Waals surface area contributed by atoms with Gasteiger partial charge in [0.25, 0.3) is 0 Å². The summed E-state index contributed by atoms with van der Waals surface area (Å²) in [4.78, 5) is 0. The minimum Gasteiger partial charge on any atom is -0.313 e. The summed E-state index contributed by atoms with van der Waals surface area (Å²) >= 11 is 6.10. The van der Waals surface area contributed by atoms with Crippen LogP contribution in [0, 0.1) is 12.7 Å². The zero-order chi connectivity index (χ0) is 14.5. The highest BCUT2D eigenvalue weighted by Crippen LogP contribution is 2.27. The summed E-state index contributed by atoms with van der Waals surface area (Å²) in [6.07, 6.45) is 1.07. The summed E-state index contributed by atoms with van der Waals surface area (Å²) in [5.74, 6) is -0.208. The van der Waals surface area contributed by atoms with E-state index in [0.29, 0.717) is 17.1 Å². The van der Waals surface area contributed by atoms with Gasteiger partial charge in [-0.05, 0) is 48.7 Å². The van der Waals surface area contributed by atoms with Crippen molar-refractivity contribution in [2.45, 2.75) is 26.8 Å². The molecular formula is C17H19ClFN. The Labute approximate surface area is 124 Å². The maximum atomic E-state index is 14.2. The van der Waals surface area contributed by atoms with Crippen LogP contribution < -0.4 is 5.32 Å². The highest BCUT2D eigenvalue weighted by Gasteiger charge is 2.07. The maximum Gasteiger partial charge on any atom is 0.131 e. The Balaban J connectivity index is 2.22. The summed E-state index contributed by atoms with van der Waals surface area (Å²) in [7, 11) is 0. The molecule has 3 heteroatoms. The Hall–Kier alpha value is -1.38. The third-order valence-electron chi connectivity index (χ3n) is 3.27. The molecule has 106 valence electrons. The monoisotopic (exact) mass is 291 g/mol. The number of rotatable bonds is 5. The third-order valence-corrected chi connectivity index (χ3v) is 3.68. The average molecular weight is 292 g/mol. The van der Waals surface area contributed by atoms with Gasteiger partial charge in [-0.2, -0.15) is 0 Å². The Kier molecular flexibility index (Phi) is 5.16. The van der Waals surface area contributed by atoms with Crippen LogP contribution in [0.4, 0.5) is 4.39 Å². The van der Waals surface area contributed by atoms with Gasteiger partial charge in [0, 0.05) is 17.1 Å². The molecular weight excluding hydrogens is 273 g/mol. The summed E-state index contributed by atoms with van der Waals surface area (Å²) in [5, 5.41) is 3.93. The number of hydrogen-bond donors (Lipinski definition) is 1. The predicted octanol–water partition coefficient (Wildman–Crippen LogP) is 4.95. The number of benzene rings is 2. The molecule has 2 rings (SSSR count). The number of hydrogen-bond acceptors (Lipinski definition) is 1. The van der Waals surface area contributed by atoms with E-state index in [4.69, 9.17) is 11.6 Å². The Morgan fingerprint density at radius 1 is 1.15 bits per heavy atom. The van der Waals surface area contributed by atoms with Crippen LogP contribution >= 0.6 is 11.6 Å². The van der Waals surface area contributed by atoms with Crippen LogP contribution in [0.1, 0.15) is 24.5 Å². The van der Waals surface area contributed by atoms with E-state index in [1.54, 1.807) is 6.07 Å². The summed E-state index contributed by atoms with van der Waals surface area (Å²) in [6.45, 7) is 5.68. The second-order valence-corrected chi connectivity index (χ2v) is 5.36. The van der Waals surface area contributed by atoms with Crippen molar-refractivity contribution in [2.75, 3.05) is 6.54 Å². The Morgan fingerprint density at radius 2 is 1.95 bits per heavy atom. The SMILES string of the molecule is CCCNCc1ccc(-c2ccc(C)c(Cl)c2)c(F)c1. The highest BCUT2D eigenvalue weighted by atomic mass is 35.5. The van der Waals surface area contributed by atoms with Gasteiger partial charge in [0.05, 0.1) is 0 Å². The maximum absolute atomic E-state index is 14.2. The first-order valence-corrected chi connectivity index (χ1v) is 7.25. The molecule has 0 fully saturated rings. The molecule has 1 nitrogen and oxygen atoms in total. The average Bonchev–Trinajstić information content (AvgIpc) is 2.43. The van der Waals surface area contributed by atoms with E-state index in [9.17, 15) is 4.39 Å². The molecule has 1 N–H and O–H groups in total. The second-order valence-electron chi connectivity index (χ2n) is 4.95. The molecule has 0 saturated heterocycles. The number of halogens is 2. The molecule has 2 aromatic carbocycles. The fraction of sp³-hybridized carbons (Fsp3) is 0.294. The van der Waals surface area contributed by atoms with Crippen LogP contribution in [0.3, 0.4) is 0 Å². The van der Waals surface area contributed by atoms with Crippen LogP contribution in [-0.2, 0) is 6.54 Å². The molecule has 0 aliphatic heterocycles. The van der Waals surface area contributed by atoms with Gasteiger partial charge in [-0.1, -0.05) is 42.8 Å². The largest absolute Gasteiger partial charge is 0.313 e.